The van der Waals surface area contributed by atoms with Crippen molar-refractivity contribution in [3.05, 3.63) is 51.7 Å². The van der Waals surface area contributed by atoms with Crippen LogP contribution in [0.2, 0.25) is 0 Å². The van der Waals surface area contributed by atoms with Gasteiger partial charge in [-0.2, -0.15) is 14.0 Å². The quantitative estimate of drug-likeness (QED) is 0.452. The highest BCUT2D eigenvalue weighted by atomic mass is 32.1. The molecule has 0 aliphatic carbocycles. The Hall–Kier alpha value is -2.72. The van der Waals surface area contributed by atoms with Crippen LogP contribution in [-0.4, -0.2) is 19.5 Å². The molecule has 0 saturated carbocycles. The number of carbonyl (C=O) groups is 1. The molecule has 0 atom stereocenters. The van der Waals surface area contributed by atoms with E-state index < -0.39 is 12.4 Å². The van der Waals surface area contributed by atoms with E-state index in [-0.39, 0.29) is 22.6 Å². The van der Waals surface area contributed by atoms with Crippen LogP contribution >= 0.6 is 11.3 Å². The van der Waals surface area contributed by atoms with Crippen LogP contribution in [0.5, 0.6) is 11.5 Å². The largest absolute Gasteiger partial charge is 0.493 e. The minimum Gasteiger partial charge on any atom is -0.493 e. The number of alkyl halides is 2. The molecule has 118 valence electrons. The van der Waals surface area contributed by atoms with Gasteiger partial charge in [0.15, 0.2) is 11.5 Å². The third kappa shape index (κ3) is 3.93. The van der Waals surface area contributed by atoms with Crippen molar-refractivity contribution in [3.8, 4) is 17.6 Å². The lowest BCUT2D eigenvalue weighted by atomic mass is 10.1. The molecule has 0 amide bonds. The summed E-state index contributed by atoms with van der Waals surface area (Å²) in [5.41, 5.74) is -0.0223. The van der Waals surface area contributed by atoms with Crippen molar-refractivity contribution < 1.29 is 23.0 Å². The second-order valence-electron chi connectivity index (χ2n) is 4.23. The number of Topliss-reactive ketones (excluding diaryl/α,β-unsaturated/α-hetero) is 1. The molecule has 4 nitrogen and oxygen atoms in total. The first-order chi connectivity index (χ1) is 11.1. The summed E-state index contributed by atoms with van der Waals surface area (Å²) in [6.07, 6.45) is 1.21. The molecule has 0 radical (unpaired) electrons. The van der Waals surface area contributed by atoms with E-state index in [1.807, 2.05) is 0 Å². The Balaban J connectivity index is 2.48. The van der Waals surface area contributed by atoms with Crippen LogP contribution in [0.15, 0.2) is 41.3 Å². The van der Waals surface area contributed by atoms with Crippen molar-refractivity contribution in [1.82, 2.24) is 0 Å². The number of ether oxygens (including phenoxy) is 2. The zero-order valence-electron chi connectivity index (χ0n) is 12.0. The first kappa shape index (κ1) is 16.6. The number of nitrogens with zero attached hydrogens (tertiary/aromatic N) is 1. The Morgan fingerprint density at radius 1 is 1.35 bits per heavy atom. The Morgan fingerprint density at radius 2 is 2.13 bits per heavy atom. The third-order valence-corrected chi connectivity index (χ3v) is 3.71. The standard InChI is InChI=1S/C16H11F2NO3S/c1-21-12-5-2-4-10(15(12)22-16(17)18)8-11(9-19)14(20)13-6-3-7-23-13/h2-8,16H,1H3/b11-8+. The molecule has 0 N–H and O–H groups in total. The summed E-state index contributed by atoms with van der Waals surface area (Å²) < 4.78 is 34.6. The SMILES string of the molecule is COc1cccc(/C=C(\C#N)C(=O)c2cccs2)c1OC(F)F. The van der Waals surface area contributed by atoms with Gasteiger partial charge in [0.25, 0.3) is 0 Å². The molecule has 0 unspecified atom stereocenters. The summed E-state index contributed by atoms with van der Waals surface area (Å²) in [6, 6.07) is 9.51. The van der Waals surface area contributed by atoms with Crippen molar-refractivity contribution in [2.24, 2.45) is 0 Å². The molecule has 0 aliphatic rings. The van der Waals surface area contributed by atoms with Gasteiger partial charge in [-0.3, -0.25) is 4.79 Å². The first-order valence-corrected chi connectivity index (χ1v) is 7.26. The van der Waals surface area contributed by atoms with Gasteiger partial charge < -0.3 is 9.47 Å². The van der Waals surface area contributed by atoms with Gasteiger partial charge in [-0.15, -0.1) is 11.3 Å². The maximum atomic E-state index is 12.6. The summed E-state index contributed by atoms with van der Waals surface area (Å²) in [6.45, 7) is -3.06. The fourth-order valence-electron chi connectivity index (χ4n) is 1.87. The van der Waals surface area contributed by atoms with Crippen LogP contribution in [-0.2, 0) is 0 Å². The van der Waals surface area contributed by atoms with Crippen molar-refractivity contribution >= 4 is 23.2 Å². The number of hydrogen-bond acceptors (Lipinski definition) is 5. The Kier molecular flexibility index (Phi) is 5.44. The number of benzene rings is 1. The monoisotopic (exact) mass is 335 g/mol. The van der Waals surface area contributed by atoms with Gasteiger partial charge in [0, 0.05) is 5.56 Å². The molecular formula is C16H11F2NO3S. The van der Waals surface area contributed by atoms with E-state index in [0.29, 0.717) is 4.88 Å². The van der Waals surface area contributed by atoms with Gasteiger partial charge in [-0.1, -0.05) is 18.2 Å². The summed E-state index contributed by atoms with van der Waals surface area (Å²) in [4.78, 5) is 12.6. The second-order valence-corrected chi connectivity index (χ2v) is 5.18. The highest BCUT2D eigenvalue weighted by molar-refractivity contribution is 7.12. The average molecular weight is 335 g/mol. The number of thiophene rings is 1. The number of para-hydroxylation sites is 1. The summed E-state index contributed by atoms with van der Waals surface area (Å²) >= 11 is 1.19. The minimum absolute atomic E-state index is 0.0833. The number of ketones is 1. The van der Waals surface area contributed by atoms with Crippen LogP contribution in [0, 0.1) is 11.3 Å². The van der Waals surface area contributed by atoms with Crippen molar-refractivity contribution in [2.75, 3.05) is 7.11 Å². The van der Waals surface area contributed by atoms with E-state index in [2.05, 4.69) is 4.74 Å². The molecule has 2 rings (SSSR count). The van der Waals surface area contributed by atoms with E-state index in [4.69, 9.17) is 4.74 Å². The van der Waals surface area contributed by atoms with E-state index in [0.717, 1.165) is 0 Å². The molecular weight excluding hydrogens is 324 g/mol. The van der Waals surface area contributed by atoms with Gasteiger partial charge in [-0.05, 0) is 23.6 Å². The summed E-state index contributed by atoms with van der Waals surface area (Å²) in [5, 5.41) is 10.9. The molecule has 7 heteroatoms. The zero-order valence-corrected chi connectivity index (χ0v) is 12.8. The lowest BCUT2D eigenvalue weighted by Gasteiger charge is -2.12. The predicted octanol–water partition coefficient (Wildman–Crippen LogP) is 4.15. The highest BCUT2D eigenvalue weighted by Gasteiger charge is 2.18. The Bertz CT molecular complexity index is 764. The number of allylic oxidation sites excluding steroid dienone is 1. The normalized spacial score (nSPS) is 11.2. The van der Waals surface area contributed by atoms with Crippen molar-refractivity contribution in [1.29, 1.82) is 5.26 Å². The Labute approximate surface area is 135 Å². The van der Waals surface area contributed by atoms with Crippen molar-refractivity contribution in [3.63, 3.8) is 0 Å². The van der Waals surface area contributed by atoms with Gasteiger partial charge in [0.1, 0.15) is 11.6 Å². The second kappa shape index (κ2) is 7.51. The van der Waals surface area contributed by atoms with Gasteiger partial charge in [0.2, 0.25) is 5.78 Å². The van der Waals surface area contributed by atoms with Gasteiger partial charge in [-0.25, -0.2) is 0 Å². The fourth-order valence-corrected chi connectivity index (χ4v) is 2.54. The molecule has 1 aromatic heterocycles. The van der Waals surface area contributed by atoms with E-state index >= 15 is 0 Å². The molecule has 0 saturated heterocycles. The van der Waals surface area contributed by atoms with Crippen LogP contribution in [0.4, 0.5) is 8.78 Å². The molecule has 0 aliphatic heterocycles. The third-order valence-electron chi connectivity index (χ3n) is 2.85. The first-order valence-electron chi connectivity index (χ1n) is 6.38. The molecule has 23 heavy (non-hydrogen) atoms. The number of carbonyl (C=O) groups excluding carboxylic acids is 1. The van der Waals surface area contributed by atoms with E-state index in [1.165, 1.54) is 36.7 Å². The van der Waals surface area contributed by atoms with Crippen LogP contribution in [0.25, 0.3) is 6.08 Å². The molecule has 0 bridgehead atoms. The fraction of sp³-hybridized carbons (Fsp3) is 0.125. The van der Waals surface area contributed by atoms with E-state index in [1.54, 1.807) is 29.6 Å². The van der Waals surface area contributed by atoms with Gasteiger partial charge >= 0.3 is 6.61 Å². The number of methoxy groups -OCH3 is 1. The molecule has 0 fully saturated rings. The Morgan fingerprint density at radius 3 is 2.70 bits per heavy atom. The van der Waals surface area contributed by atoms with Crippen LogP contribution in [0.1, 0.15) is 15.2 Å². The lowest BCUT2D eigenvalue weighted by Crippen LogP contribution is -2.06. The average Bonchev–Trinajstić information content (AvgIpc) is 3.07. The summed E-state index contributed by atoms with van der Waals surface area (Å²) in [7, 11) is 1.31. The summed E-state index contributed by atoms with van der Waals surface area (Å²) in [5.74, 6) is -0.620. The van der Waals surface area contributed by atoms with E-state index in [9.17, 15) is 18.8 Å². The molecule has 2 aromatic rings. The minimum atomic E-state index is -3.06. The van der Waals surface area contributed by atoms with Crippen LogP contribution in [0.3, 0.4) is 0 Å². The molecule has 0 spiro atoms. The number of nitriles is 1. The maximum Gasteiger partial charge on any atom is 0.387 e. The zero-order chi connectivity index (χ0) is 16.8. The lowest BCUT2D eigenvalue weighted by molar-refractivity contribution is -0.0513. The van der Waals surface area contributed by atoms with Crippen molar-refractivity contribution in [2.45, 2.75) is 6.61 Å². The highest BCUT2D eigenvalue weighted by Crippen LogP contribution is 2.34. The number of hydrogen-bond donors (Lipinski definition) is 0. The van der Waals surface area contributed by atoms with Gasteiger partial charge in [0.05, 0.1) is 12.0 Å². The number of rotatable bonds is 6. The van der Waals surface area contributed by atoms with Crippen LogP contribution < -0.4 is 9.47 Å². The smallest absolute Gasteiger partial charge is 0.387 e. The molecule has 1 heterocycles. The maximum absolute atomic E-state index is 12.6. The number of halogens is 2. The topological polar surface area (TPSA) is 59.3 Å². The predicted molar refractivity (Wildman–Crippen MR) is 81.9 cm³/mol. The molecule has 1 aromatic carbocycles.